The van der Waals surface area contributed by atoms with Crippen molar-refractivity contribution < 1.29 is 4.74 Å². The van der Waals surface area contributed by atoms with Crippen LogP contribution in [0.25, 0.3) is 0 Å². The van der Waals surface area contributed by atoms with Crippen LogP contribution in [0, 0.1) is 6.92 Å². The van der Waals surface area contributed by atoms with Crippen LogP contribution < -0.4 is 10.5 Å². The van der Waals surface area contributed by atoms with E-state index in [0.717, 1.165) is 17.7 Å². The van der Waals surface area contributed by atoms with Gasteiger partial charge in [-0.25, -0.2) is 0 Å². The Kier molecular flexibility index (Phi) is 2.00. The van der Waals surface area contributed by atoms with Gasteiger partial charge in [-0.15, -0.1) is 0 Å². The number of hydrogen-bond donors (Lipinski definition) is 1. The predicted molar refractivity (Wildman–Crippen MR) is 52.8 cm³/mol. The molecule has 0 saturated carbocycles. The van der Waals surface area contributed by atoms with Gasteiger partial charge >= 0.3 is 0 Å². The van der Waals surface area contributed by atoms with E-state index in [-0.39, 0.29) is 12.1 Å². The topological polar surface area (TPSA) is 35.2 Å². The molecule has 0 fully saturated rings. The van der Waals surface area contributed by atoms with Crippen molar-refractivity contribution in [1.82, 2.24) is 0 Å². The second-order valence-corrected chi connectivity index (χ2v) is 3.81. The van der Waals surface area contributed by atoms with Gasteiger partial charge in [0, 0.05) is 18.0 Å². The molecule has 1 unspecified atom stereocenters. The van der Waals surface area contributed by atoms with Crippen molar-refractivity contribution in [2.45, 2.75) is 32.4 Å². The van der Waals surface area contributed by atoms with E-state index in [0.29, 0.717) is 0 Å². The molecule has 70 valence electrons. The van der Waals surface area contributed by atoms with E-state index in [1.54, 1.807) is 0 Å². The van der Waals surface area contributed by atoms with Gasteiger partial charge in [0.2, 0.25) is 0 Å². The van der Waals surface area contributed by atoms with Crippen molar-refractivity contribution in [1.29, 1.82) is 0 Å². The highest BCUT2D eigenvalue weighted by Gasteiger charge is 2.22. The molecule has 1 aromatic carbocycles. The molecule has 0 aromatic heterocycles. The van der Waals surface area contributed by atoms with Crippen LogP contribution in [0.1, 0.15) is 30.5 Å². The first-order valence-electron chi connectivity index (χ1n) is 4.69. The van der Waals surface area contributed by atoms with Crippen molar-refractivity contribution in [2.75, 3.05) is 0 Å². The molecule has 2 N–H and O–H groups in total. The lowest BCUT2D eigenvalue weighted by Gasteiger charge is -2.28. The van der Waals surface area contributed by atoms with E-state index in [4.69, 9.17) is 10.5 Å². The SMILES string of the molecule is Cc1ccc2c(c1)[C@H](N)CC(C)O2. The van der Waals surface area contributed by atoms with Gasteiger partial charge in [0.05, 0.1) is 6.10 Å². The second kappa shape index (κ2) is 3.04. The minimum atomic E-state index is 0.138. The molecule has 2 nitrogen and oxygen atoms in total. The Morgan fingerprint density at radius 2 is 2.23 bits per heavy atom. The van der Waals surface area contributed by atoms with Crippen LogP contribution in [0.5, 0.6) is 5.75 Å². The van der Waals surface area contributed by atoms with Crippen molar-refractivity contribution in [3.05, 3.63) is 29.3 Å². The van der Waals surface area contributed by atoms with Crippen molar-refractivity contribution >= 4 is 0 Å². The highest BCUT2D eigenvalue weighted by Crippen LogP contribution is 2.33. The quantitative estimate of drug-likeness (QED) is 0.659. The largest absolute Gasteiger partial charge is 0.490 e. The van der Waals surface area contributed by atoms with Crippen LogP contribution in [-0.4, -0.2) is 6.10 Å². The van der Waals surface area contributed by atoms with Gasteiger partial charge in [-0.05, 0) is 19.9 Å². The van der Waals surface area contributed by atoms with E-state index in [1.807, 2.05) is 6.07 Å². The first-order chi connectivity index (χ1) is 6.16. The van der Waals surface area contributed by atoms with Crippen LogP contribution in [0.15, 0.2) is 18.2 Å². The molecule has 0 spiro atoms. The minimum absolute atomic E-state index is 0.138. The summed E-state index contributed by atoms with van der Waals surface area (Å²) in [5, 5.41) is 0. The summed E-state index contributed by atoms with van der Waals surface area (Å²) < 4.78 is 5.68. The maximum Gasteiger partial charge on any atom is 0.124 e. The summed E-state index contributed by atoms with van der Waals surface area (Å²) in [4.78, 5) is 0. The monoisotopic (exact) mass is 177 g/mol. The van der Waals surface area contributed by atoms with Gasteiger partial charge in [-0.3, -0.25) is 0 Å². The maximum atomic E-state index is 6.03. The van der Waals surface area contributed by atoms with Gasteiger partial charge in [0.15, 0.2) is 0 Å². The lowest BCUT2D eigenvalue weighted by Crippen LogP contribution is -2.27. The zero-order valence-electron chi connectivity index (χ0n) is 8.08. The predicted octanol–water partition coefficient (Wildman–Crippen LogP) is 2.17. The van der Waals surface area contributed by atoms with Gasteiger partial charge in [-0.2, -0.15) is 0 Å². The fourth-order valence-corrected chi connectivity index (χ4v) is 1.81. The van der Waals surface area contributed by atoms with Crippen molar-refractivity contribution in [3.8, 4) is 5.75 Å². The fourth-order valence-electron chi connectivity index (χ4n) is 1.81. The first-order valence-corrected chi connectivity index (χ1v) is 4.69. The summed E-state index contributed by atoms with van der Waals surface area (Å²) in [7, 11) is 0. The zero-order valence-corrected chi connectivity index (χ0v) is 8.08. The summed E-state index contributed by atoms with van der Waals surface area (Å²) in [5.41, 5.74) is 8.42. The van der Waals surface area contributed by atoms with Crippen LogP contribution in [0.4, 0.5) is 0 Å². The number of fused-ring (bicyclic) bond motifs is 1. The highest BCUT2D eigenvalue weighted by molar-refractivity contribution is 5.40. The van der Waals surface area contributed by atoms with Crippen molar-refractivity contribution in [2.24, 2.45) is 5.73 Å². The molecule has 0 aliphatic carbocycles. The number of aryl methyl sites for hydroxylation is 1. The Labute approximate surface area is 78.7 Å². The van der Waals surface area contributed by atoms with Gasteiger partial charge in [0.1, 0.15) is 5.75 Å². The fraction of sp³-hybridized carbons (Fsp3) is 0.455. The van der Waals surface area contributed by atoms with Crippen LogP contribution in [0.3, 0.4) is 0 Å². The van der Waals surface area contributed by atoms with E-state index in [2.05, 4.69) is 26.0 Å². The molecule has 0 bridgehead atoms. The average Bonchev–Trinajstić information content (AvgIpc) is 2.06. The molecule has 1 aromatic rings. The van der Waals surface area contributed by atoms with Crippen LogP contribution in [-0.2, 0) is 0 Å². The van der Waals surface area contributed by atoms with Gasteiger partial charge in [0.25, 0.3) is 0 Å². The Morgan fingerprint density at radius 3 is 3.00 bits per heavy atom. The van der Waals surface area contributed by atoms with Crippen LogP contribution in [0.2, 0.25) is 0 Å². The smallest absolute Gasteiger partial charge is 0.124 e. The first kappa shape index (κ1) is 8.57. The number of rotatable bonds is 0. The summed E-state index contributed by atoms with van der Waals surface area (Å²) >= 11 is 0. The number of hydrogen-bond acceptors (Lipinski definition) is 2. The summed E-state index contributed by atoms with van der Waals surface area (Å²) in [6.45, 7) is 4.13. The lowest BCUT2D eigenvalue weighted by atomic mass is 9.96. The van der Waals surface area contributed by atoms with E-state index < -0.39 is 0 Å². The second-order valence-electron chi connectivity index (χ2n) is 3.81. The molecule has 0 saturated heterocycles. The minimum Gasteiger partial charge on any atom is -0.490 e. The van der Waals surface area contributed by atoms with Gasteiger partial charge < -0.3 is 10.5 Å². The molecule has 13 heavy (non-hydrogen) atoms. The summed E-state index contributed by atoms with van der Waals surface area (Å²) in [6.07, 6.45) is 1.15. The molecule has 2 heteroatoms. The molecule has 1 heterocycles. The molecule has 2 rings (SSSR count). The Hall–Kier alpha value is -1.02. The van der Waals surface area contributed by atoms with E-state index in [1.165, 1.54) is 5.56 Å². The normalized spacial score (nSPS) is 26.4. The Balaban J connectivity index is 2.43. The third kappa shape index (κ3) is 1.54. The maximum absolute atomic E-state index is 6.03. The number of benzene rings is 1. The standard InChI is InChI=1S/C11H15NO/c1-7-3-4-11-9(5-7)10(12)6-8(2)13-11/h3-5,8,10H,6,12H2,1-2H3/t8?,10-/m1/s1. The van der Waals surface area contributed by atoms with Crippen LogP contribution >= 0.6 is 0 Å². The molecule has 0 radical (unpaired) electrons. The molecular formula is C11H15NO. The third-order valence-electron chi connectivity index (χ3n) is 2.48. The van der Waals surface area contributed by atoms with Crippen molar-refractivity contribution in [3.63, 3.8) is 0 Å². The van der Waals surface area contributed by atoms with E-state index in [9.17, 15) is 0 Å². The van der Waals surface area contributed by atoms with Gasteiger partial charge in [-0.1, -0.05) is 17.7 Å². The highest BCUT2D eigenvalue weighted by atomic mass is 16.5. The number of nitrogens with two attached hydrogens (primary N) is 1. The molecule has 1 aliphatic rings. The summed E-state index contributed by atoms with van der Waals surface area (Å²) in [6, 6.07) is 6.33. The molecule has 1 aliphatic heterocycles. The number of ether oxygens (including phenoxy) is 1. The summed E-state index contributed by atoms with van der Waals surface area (Å²) in [5.74, 6) is 0.955. The molecular weight excluding hydrogens is 162 g/mol. The average molecular weight is 177 g/mol. The van der Waals surface area contributed by atoms with E-state index >= 15 is 0 Å². The zero-order chi connectivity index (χ0) is 9.42. The Bertz CT molecular complexity index is 322. The lowest BCUT2D eigenvalue weighted by molar-refractivity contribution is 0.177. The molecule has 0 amide bonds. The third-order valence-corrected chi connectivity index (χ3v) is 2.48. The Morgan fingerprint density at radius 1 is 1.46 bits per heavy atom. The molecule has 2 atom stereocenters.